The Morgan fingerprint density at radius 2 is 2.08 bits per heavy atom. The first kappa shape index (κ1) is 27.4. The van der Waals surface area contributed by atoms with E-state index < -0.39 is 35.0 Å². The average molecular weight is 531 g/mol. The summed E-state index contributed by atoms with van der Waals surface area (Å²) in [6, 6.07) is 4.33. The molecule has 2 bridgehead atoms. The molecule has 0 aliphatic carbocycles. The fourth-order valence-corrected chi connectivity index (χ4v) is 6.76. The van der Waals surface area contributed by atoms with Crippen LogP contribution in [-0.4, -0.2) is 71.3 Å². The monoisotopic (exact) mass is 530 g/mol. The lowest BCUT2D eigenvalue weighted by Crippen LogP contribution is -2.57. The van der Waals surface area contributed by atoms with Crippen molar-refractivity contribution in [1.82, 2.24) is 4.90 Å². The van der Waals surface area contributed by atoms with Gasteiger partial charge in [-0.1, -0.05) is 35.9 Å². The quantitative estimate of drug-likeness (QED) is 0.267. The van der Waals surface area contributed by atoms with Gasteiger partial charge in [0.2, 0.25) is 5.91 Å². The maximum absolute atomic E-state index is 14.4. The van der Waals surface area contributed by atoms with Crippen LogP contribution in [0.1, 0.15) is 38.2 Å². The number of aliphatic hydroxyl groups excluding tert-OH is 1. The second kappa shape index (κ2) is 10.6. The van der Waals surface area contributed by atoms with E-state index in [9.17, 15) is 19.5 Å². The number of rotatable bonds is 11. The lowest BCUT2D eigenvalue weighted by atomic mass is 9.66. The van der Waals surface area contributed by atoms with Crippen LogP contribution < -0.4 is 4.90 Å². The molecule has 8 nitrogen and oxygen atoms in total. The third-order valence-electron chi connectivity index (χ3n) is 7.94. The van der Waals surface area contributed by atoms with Crippen molar-refractivity contribution in [3.63, 3.8) is 0 Å². The van der Waals surface area contributed by atoms with Crippen molar-refractivity contribution in [1.29, 1.82) is 0 Å². The SMILES string of the molecule is C=CCCCOC(=O)[C@H]1[C@H]2C(=O)N(CCO)C(C(=O)N(CC=C)c3c(C)cccc3Cl)C23CC[C@]1(C)O3. The molecule has 0 aromatic heterocycles. The van der Waals surface area contributed by atoms with E-state index >= 15 is 0 Å². The van der Waals surface area contributed by atoms with Gasteiger partial charge in [-0.2, -0.15) is 0 Å². The van der Waals surface area contributed by atoms with Gasteiger partial charge in [0, 0.05) is 13.1 Å². The molecule has 37 heavy (non-hydrogen) atoms. The van der Waals surface area contributed by atoms with E-state index in [0.29, 0.717) is 36.4 Å². The van der Waals surface area contributed by atoms with Gasteiger partial charge in [0.15, 0.2) is 0 Å². The van der Waals surface area contributed by atoms with E-state index in [-0.39, 0.29) is 38.1 Å². The lowest BCUT2D eigenvalue weighted by Gasteiger charge is -2.37. The number of nitrogens with zero attached hydrogens (tertiary/aromatic N) is 2. The maximum Gasteiger partial charge on any atom is 0.312 e. The largest absolute Gasteiger partial charge is 0.465 e. The maximum atomic E-state index is 14.4. The van der Waals surface area contributed by atoms with E-state index in [1.54, 1.807) is 24.3 Å². The molecule has 5 atom stereocenters. The number of halogens is 1. The fourth-order valence-electron chi connectivity index (χ4n) is 6.43. The van der Waals surface area contributed by atoms with Crippen molar-refractivity contribution in [2.24, 2.45) is 11.8 Å². The highest BCUT2D eigenvalue weighted by Crippen LogP contribution is 2.63. The summed E-state index contributed by atoms with van der Waals surface area (Å²) in [5.74, 6) is -2.97. The molecule has 3 heterocycles. The molecule has 4 rings (SSSR count). The Morgan fingerprint density at radius 3 is 2.73 bits per heavy atom. The summed E-state index contributed by atoms with van der Waals surface area (Å²) < 4.78 is 12.1. The van der Waals surface area contributed by atoms with E-state index in [1.165, 1.54) is 9.80 Å². The molecule has 1 spiro atoms. The number of ether oxygens (including phenoxy) is 2. The molecule has 9 heteroatoms. The molecular formula is C28H35ClN2O6. The molecule has 3 aliphatic rings. The smallest absolute Gasteiger partial charge is 0.312 e. The summed E-state index contributed by atoms with van der Waals surface area (Å²) in [7, 11) is 0. The number of para-hydroxylation sites is 1. The zero-order chi connectivity index (χ0) is 27.0. The number of hydrogen-bond donors (Lipinski definition) is 1. The van der Waals surface area contributed by atoms with Crippen molar-refractivity contribution in [3.05, 3.63) is 54.1 Å². The minimum atomic E-state index is -1.21. The van der Waals surface area contributed by atoms with Crippen molar-refractivity contribution < 1.29 is 29.0 Å². The number of carbonyl (C=O) groups excluding carboxylic acids is 3. The summed E-state index contributed by atoms with van der Waals surface area (Å²) >= 11 is 6.54. The summed E-state index contributed by atoms with van der Waals surface area (Å²) in [5.41, 5.74) is -0.817. The standard InChI is InChI=1S/C28H35ClN2O6/c1-5-7-8-17-36-26(35)21-20-24(33)31(15-16-32)23(28(20)13-12-27(21,4)37-28)25(34)30(14-6-2)22-18(3)10-9-11-19(22)29/h5-6,9-11,20-21,23,32H,1-2,7-8,12-17H2,3-4H3/t20-,21+,23?,27-,28?/m0/s1. The predicted octanol–water partition coefficient (Wildman–Crippen LogP) is 3.43. The number of aryl methyl sites for hydroxylation is 1. The van der Waals surface area contributed by atoms with Crippen LogP contribution >= 0.6 is 11.6 Å². The van der Waals surface area contributed by atoms with Gasteiger partial charge >= 0.3 is 5.97 Å². The summed E-state index contributed by atoms with van der Waals surface area (Å²) in [6.07, 6.45) is 5.63. The number of fused-ring (bicyclic) bond motifs is 1. The highest BCUT2D eigenvalue weighted by molar-refractivity contribution is 6.34. The second-order valence-electron chi connectivity index (χ2n) is 10.2. The van der Waals surface area contributed by atoms with Crippen LogP contribution in [0.4, 0.5) is 5.69 Å². The predicted molar refractivity (Wildman–Crippen MR) is 140 cm³/mol. The minimum absolute atomic E-state index is 0.0574. The highest BCUT2D eigenvalue weighted by atomic mass is 35.5. The molecule has 3 saturated heterocycles. The number of esters is 1. The first-order chi connectivity index (χ1) is 17.7. The van der Waals surface area contributed by atoms with Crippen molar-refractivity contribution >= 4 is 35.1 Å². The van der Waals surface area contributed by atoms with Crippen LogP contribution in [0, 0.1) is 18.8 Å². The van der Waals surface area contributed by atoms with Gasteiger partial charge in [-0.05, 0) is 51.2 Å². The third kappa shape index (κ3) is 4.39. The molecule has 3 fully saturated rings. The number of carbonyl (C=O) groups is 3. The molecule has 1 N–H and O–H groups in total. The first-order valence-corrected chi connectivity index (χ1v) is 13.1. The van der Waals surface area contributed by atoms with Gasteiger partial charge < -0.3 is 24.4 Å². The third-order valence-corrected chi connectivity index (χ3v) is 8.24. The Balaban J connectivity index is 1.75. The van der Waals surface area contributed by atoms with Crippen molar-refractivity contribution in [2.75, 3.05) is 31.2 Å². The van der Waals surface area contributed by atoms with Gasteiger partial charge in [0.25, 0.3) is 5.91 Å². The Labute approximate surface area is 222 Å². The number of aliphatic hydroxyl groups is 1. The van der Waals surface area contributed by atoms with Gasteiger partial charge in [0.1, 0.15) is 17.6 Å². The van der Waals surface area contributed by atoms with Gasteiger partial charge in [-0.25, -0.2) is 0 Å². The molecule has 1 aromatic rings. The Morgan fingerprint density at radius 1 is 1.32 bits per heavy atom. The summed E-state index contributed by atoms with van der Waals surface area (Å²) in [5, 5.41) is 10.2. The van der Waals surface area contributed by atoms with Crippen LogP contribution in [0.5, 0.6) is 0 Å². The highest BCUT2D eigenvalue weighted by Gasteiger charge is 2.78. The molecule has 2 unspecified atom stereocenters. The van der Waals surface area contributed by atoms with Crippen molar-refractivity contribution in [2.45, 2.75) is 56.8 Å². The second-order valence-corrected chi connectivity index (χ2v) is 10.6. The van der Waals surface area contributed by atoms with E-state index in [4.69, 9.17) is 21.1 Å². The molecule has 0 radical (unpaired) electrons. The molecule has 200 valence electrons. The number of allylic oxidation sites excluding steroid dienone is 1. The Bertz CT molecular complexity index is 1090. The van der Waals surface area contributed by atoms with Crippen LogP contribution in [0.2, 0.25) is 5.02 Å². The molecule has 2 amide bonds. The van der Waals surface area contributed by atoms with Crippen LogP contribution in [-0.2, 0) is 23.9 Å². The minimum Gasteiger partial charge on any atom is -0.465 e. The molecule has 0 saturated carbocycles. The Kier molecular flexibility index (Phi) is 7.83. The molecule has 3 aliphatic heterocycles. The van der Waals surface area contributed by atoms with Gasteiger partial charge in [-0.15, -0.1) is 13.2 Å². The van der Waals surface area contributed by atoms with Gasteiger partial charge in [0.05, 0.1) is 35.4 Å². The topological polar surface area (TPSA) is 96.4 Å². The number of benzene rings is 1. The Hall–Kier alpha value is -2.68. The number of likely N-dealkylation sites (tertiary alicyclic amines) is 1. The zero-order valence-corrected chi connectivity index (χ0v) is 22.2. The van der Waals surface area contributed by atoms with Gasteiger partial charge in [-0.3, -0.25) is 14.4 Å². The fraction of sp³-hybridized carbons (Fsp3) is 0.536. The summed E-state index contributed by atoms with van der Waals surface area (Å²) in [6.45, 7) is 11.1. The number of amides is 2. The van der Waals surface area contributed by atoms with E-state index in [2.05, 4.69) is 13.2 Å². The van der Waals surface area contributed by atoms with Crippen LogP contribution in [0.3, 0.4) is 0 Å². The molecular weight excluding hydrogens is 496 g/mol. The molecule has 1 aromatic carbocycles. The van der Waals surface area contributed by atoms with E-state index in [1.807, 2.05) is 19.9 Å². The normalized spacial score (nSPS) is 29.8. The number of anilines is 1. The average Bonchev–Trinajstić information content (AvgIpc) is 3.42. The first-order valence-electron chi connectivity index (χ1n) is 12.7. The number of hydrogen-bond acceptors (Lipinski definition) is 6. The van der Waals surface area contributed by atoms with E-state index in [0.717, 1.165) is 5.56 Å². The number of unbranched alkanes of at least 4 members (excludes halogenated alkanes) is 1. The zero-order valence-electron chi connectivity index (χ0n) is 21.5. The number of β-amino-alcohol motifs (C(OH)–C–C–N with tert-alkyl or cyclic N) is 1. The van der Waals surface area contributed by atoms with Crippen molar-refractivity contribution in [3.8, 4) is 0 Å². The summed E-state index contributed by atoms with van der Waals surface area (Å²) in [4.78, 5) is 44.4. The van der Waals surface area contributed by atoms with Crippen LogP contribution in [0.25, 0.3) is 0 Å². The van der Waals surface area contributed by atoms with Crippen LogP contribution in [0.15, 0.2) is 43.5 Å². The lowest BCUT2D eigenvalue weighted by molar-refractivity contribution is -0.159.